The first-order chi connectivity index (χ1) is 9.60. The Labute approximate surface area is 117 Å². The molecule has 0 heterocycles. The van der Waals surface area contributed by atoms with Gasteiger partial charge in [-0.2, -0.15) is 0 Å². The van der Waals surface area contributed by atoms with Crippen LogP contribution in [0.2, 0.25) is 0 Å². The van der Waals surface area contributed by atoms with Crippen LogP contribution in [0.1, 0.15) is 35.3 Å². The minimum atomic E-state index is -0.511. The number of carbonyl (C=O) groups is 1. The van der Waals surface area contributed by atoms with Gasteiger partial charge >= 0.3 is 0 Å². The number of hydrogen-bond acceptors (Lipinski definition) is 2. The summed E-state index contributed by atoms with van der Waals surface area (Å²) >= 11 is 0. The number of anilines is 1. The van der Waals surface area contributed by atoms with Gasteiger partial charge in [-0.3, -0.25) is 4.79 Å². The van der Waals surface area contributed by atoms with Crippen molar-refractivity contribution in [2.45, 2.75) is 19.4 Å². The third-order valence-corrected chi connectivity index (χ3v) is 3.10. The molecule has 0 aromatic heterocycles. The largest absolute Gasteiger partial charge is 0.399 e. The molecular formula is C16H17FN2O. The van der Waals surface area contributed by atoms with Crippen LogP contribution in [0, 0.1) is 5.82 Å². The lowest BCUT2D eigenvalue weighted by atomic mass is 10.0. The zero-order valence-electron chi connectivity index (χ0n) is 11.3. The molecule has 3 nitrogen and oxygen atoms in total. The molecule has 0 spiro atoms. The van der Waals surface area contributed by atoms with Crippen LogP contribution >= 0.6 is 0 Å². The minimum absolute atomic E-state index is 0.104. The molecule has 2 rings (SSSR count). The van der Waals surface area contributed by atoms with Crippen molar-refractivity contribution in [3.63, 3.8) is 0 Å². The number of benzene rings is 2. The molecule has 0 saturated heterocycles. The Bertz CT molecular complexity index is 578. The number of halogens is 1. The Morgan fingerprint density at radius 3 is 2.55 bits per heavy atom. The maximum Gasteiger partial charge on any atom is 0.251 e. The molecule has 1 amide bonds. The van der Waals surface area contributed by atoms with Gasteiger partial charge < -0.3 is 11.1 Å². The molecule has 3 N–H and O–H groups in total. The fourth-order valence-corrected chi connectivity index (χ4v) is 2.09. The van der Waals surface area contributed by atoms with Gasteiger partial charge in [-0.25, -0.2) is 4.39 Å². The molecule has 2 aromatic rings. The third kappa shape index (κ3) is 3.35. The summed E-state index contributed by atoms with van der Waals surface area (Å²) < 4.78 is 13.3. The van der Waals surface area contributed by atoms with Gasteiger partial charge in [0, 0.05) is 11.3 Å². The van der Waals surface area contributed by atoms with Gasteiger partial charge in [0.05, 0.1) is 6.04 Å². The normalized spacial score (nSPS) is 11.9. The monoisotopic (exact) mass is 272 g/mol. The molecule has 0 bridgehead atoms. The summed E-state index contributed by atoms with van der Waals surface area (Å²) in [5.41, 5.74) is 7.04. The van der Waals surface area contributed by atoms with E-state index in [1.54, 1.807) is 0 Å². The Morgan fingerprint density at radius 2 is 1.95 bits per heavy atom. The van der Waals surface area contributed by atoms with Gasteiger partial charge in [-0.05, 0) is 30.2 Å². The molecule has 2 aromatic carbocycles. The second-order valence-corrected chi connectivity index (χ2v) is 4.62. The Morgan fingerprint density at radius 1 is 1.25 bits per heavy atom. The second-order valence-electron chi connectivity index (χ2n) is 4.62. The van der Waals surface area contributed by atoms with E-state index in [1.165, 1.54) is 18.2 Å². The molecule has 0 aliphatic heterocycles. The molecule has 4 heteroatoms. The molecule has 1 atom stereocenters. The lowest BCUT2D eigenvalue weighted by Crippen LogP contribution is -2.28. The Kier molecular flexibility index (Phi) is 4.35. The van der Waals surface area contributed by atoms with E-state index >= 15 is 0 Å². The highest BCUT2D eigenvalue weighted by atomic mass is 19.1. The van der Waals surface area contributed by atoms with Crippen molar-refractivity contribution < 1.29 is 9.18 Å². The number of amides is 1. The molecule has 0 fully saturated rings. The van der Waals surface area contributed by atoms with Crippen LogP contribution in [-0.2, 0) is 0 Å². The van der Waals surface area contributed by atoms with Crippen LogP contribution < -0.4 is 11.1 Å². The van der Waals surface area contributed by atoms with Crippen LogP contribution in [0.5, 0.6) is 0 Å². The zero-order valence-corrected chi connectivity index (χ0v) is 11.3. The van der Waals surface area contributed by atoms with Crippen molar-refractivity contribution in [3.05, 3.63) is 65.5 Å². The molecule has 20 heavy (non-hydrogen) atoms. The fourth-order valence-electron chi connectivity index (χ4n) is 2.09. The highest BCUT2D eigenvalue weighted by Crippen LogP contribution is 2.18. The van der Waals surface area contributed by atoms with E-state index in [0.717, 1.165) is 12.0 Å². The number of rotatable bonds is 4. The second kappa shape index (κ2) is 6.19. The molecule has 104 valence electrons. The van der Waals surface area contributed by atoms with E-state index in [9.17, 15) is 9.18 Å². The van der Waals surface area contributed by atoms with Crippen molar-refractivity contribution in [1.29, 1.82) is 0 Å². The van der Waals surface area contributed by atoms with Crippen molar-refractivity contribution in [3.8, 4) is 0 Å². The predicted molar refractivity (Wildman–Crippen MR) is 77.8 cm³/mol. The standard InChI is InChI=1S/C16H17FN2O/c1-2-15(11-6-4-3-5-7-11)19-16(20)12-8-13(17)10-14(18)9-12/h3-10,15H,2,18H2,1H3,(H,19,20). The summed E-state index contributed by atoms with van der Waals surface area (Å²) in [6.45, 7) is 1.98. The number of hydrogen-bond donors (Lipinski definition) is 2. The van der Waals surface area contributed by atoms with E-state index < -0.39 is 5.82 Å². The van der Waals surface area contributed by atoms with Gasteiger partial charge in [0.15, 0.2) is 0 Å². The Balaban J connectivity index is 2.17. The molecule has 0 aliphatic carbocycles. The first-order valence-corrected chi connectivity index (χ1v) is 6.52. The molecule has 0 aliphatic rings. The highest BCUT2D eigenvalue weighted by Gasteiger charge is 2.14. The summed E-state index contributed by atoms with van der Waals surface area (Å²) in [4.78, 5) is 12.2. The summed E-state index contributed by atoms with van der Waals surface area (Å²) in [5, 5.41) is 2.89. The first kappa shape index (κ1) is 14.1. The van der Waals surface area contributed by atoms with Crippen LogP contribution in [0.3, 0.4) is 0 Å². The maximum atomic E-state index is 13.3. The van der Waals surface area contributed by atoms with Crippen molar-refractivity contribution >= 4 is 11.6 Å². The molecular weight excluding hydrogens is 255 g/mol. The molecule has 0 radical (unpaired) electrons. The van der Waals surface area contributed by atoms with Crippen LogP contribution in [0.4, 0.5) is 10.1 Å². The summed E-state index contributed by atoms with van der Waals surface area (Å²) in [7, 11) is 0. The van der Waals surface area contributed by atoms with Crippen LogP contribution in [0.25, 0.3) is 0 Å². The van der Waals surface area contributed by atoms with E-state index in [2.05, 4.69) is 5.32 Å². The minimum Gasteiger partial charge on any atom is -0.399 e. The molecule has 1 unspecified atom stereocenters. The summed E-state index contributed by atoms with van der Waals surface area (Å²) in [6.07, 6.45) is 0.751. The average molecular weight is 272 g/mol. The van der Waals surface area contributed by atoms with Crippen molar-refractivity contribution in [2.24, 2.45) is 0 Å². The predicted octanol–water partition coefficient (Wildman–Crippen LogP) is 3.29. The summed E-state index contributed by atoms with van der Waals surface area (Å²) in [6, 6.07) is 13.4. The SMILES string of the molecule is CCC(NC(=O)c1cc(N)cc(F)c1)c1ccccc1. The quantitative estimate of drug-likeness (QED) is 0.839. The van der Waals surface area contributed by atoms with Crippen molar-refractivity contribution in [1.82, 2.24) is 5.32 Å². The van der Waals surface area contributed by atoms with Gasteiger partial charge in [-0.1, -0.05) is 37.3 Å². The average Bonchev–Trinajstić information content (AvgIpc) is 2.44. The number of nitrogens with one attached hydrogen (secondary N) is 1. The number of carbonyl (C=O) groups excluding carboxylic acids is 1. The smallest absolute Gasteiger partial charge is 0.251 e. The highest BCUT2D eigenvalue weighted by molar-refractivity contribution is 5.95. The van der Waals surface area contributed by atoms with Crippen LogP contribution in [-0.4, -0.2) is 5.91 Å². The van der Waals surface area contributed by atoms with Gasteiger partial charge in [0.2, 0.25) is 0 Å². The van der Waals surface area contributed by atoms with Gasteiger partial charge in [-0.15, -0.1) is 0 Å². The maximum absolute atomic E-state index is 13.3. The lowest BCUT2D eigenvalue weighted by molar-refractivity contribution is 0.0935. The van der Waals surface area contributed by atoms with E-state index in [0.29, 0.717) is 0 Å². The zero-order chi connectivity index (χ0) is 14.5. The topological polar surface area (TPSA) is 55.1 Å². The third-order valence-electron chi connectivity index (χ3n) is 3.10. The number of nitrogen functional groups attached to an aromatic ring is 1. The number of nitrogens with two attached hydrogens (primary N) is 1. The van der Waals surface area contributed by atoms with Crippen LogP contribution in [0.15, 0.2) is 48.5 Å². The summed E-state index contributed by atoms with van der Waals surface area (Å²) in [5.74, 6) is -0.838. The molecule has 0 saturated carbocycles. The fraction of sp³-hybridized carbons (Fsp3) is 0.188. The van der Waals surface area contributed by atoms with Gasteiger partial charge in [0.1, 0.15) is 5.82 Å². The Hall–Kier alpha value is -2.36. The lowest BCUT2D eigenvalue weighted by Gasteiger charge is -2.17. The van der Waals surface area contributed by atoms with E-state index in [1.807, 2.05) is 37.3 Å². The van der Waals surface area contributed by atoms with Gasteiger partial charge in [0.25, 0.3) is 5.91 Å². The first-order valence-electron chi connectivity index (χ1n) is 6.52. The van der Waals surface area contributed by atoms with E-state index in [-0.39, 0.29) is 23.2 Å². The van der Waals surface area contributed by atoms with E-state index in [4.69, 9.17) is 5.73 Å². The van der Waals surface area contributed by atoms with Crippen molar-refractivity contribution in [2.75, 3.05) is 5.73 Å².